The summed E-state index contributed by atoms with van der Waals surface area (Å²) in [6, 6.07) is 11.9. The lowest BCUT2D eigenvalue weighted by molar-refractivity contribution is -0.137. The van der Waals surface area contributed by atoms with Gasteiger partial charge in [-0.2, -0.15) is 0 Å². The lowest BCUT2D eigenvalue weighted by Gasteiger charge is -2.19. The van der Waals surface area contributed by atoms with Crippen LogP contribution in [0.15, 0.2) is 59.7 Å². The molecule has 0 aliphatic heterocycles. The van der Waals surface area contributed by atoms with E-state index in [0.29, 0.717) is 35.2 Å². The summed E-state index contributed by atoms with van der Waals surface area (Å²) in [5.74, 6) is -3.15. The van der Waals surface area contributed by atoms with Crippen LogP contribution in [0.3, 0.4) is 0 Å². The van der Waals surface area contributed by atoms with Gasteiger partial charge in [-0.1, -0.05) is 49.2 Å². The molecule has 14 nitrogen and oxygen atoms in total. The van der Waals surface area contributed by atoms with Crippen molar-refractivity contribution in [1.29, 1.82) is 0 Å². The number of hydrogen-bond acceptors (Lipinski definition) is 8. The van der Waals surface area contributed by atoms with Crippen LogP contribution in [-0.2, 0) is 19.2 Å². The van der Waals surface area contributed by atoms with Gasteiger partial charge in [-0.15, -0.1) is 0 Å². The van der Waals surface area contributed by atoms with Gasteiger partial charge in [-0.3, -0.25) is 33.1 Å². The second-order valence-corrected chi connectivity index (χ2v) is 10.1. The Balaban J connectivity index is 2.17. The van der Waals surface area contributed by atoms with Crippen LogP contribution in [0.5, 0.6) is 0 Å². The second-order valence-electron chi connectivity index (χ2n) is 9.68. The van der Waals surface area contributed by atoms with Gasteiger partial charge in [0.1, 0.15) is 18.0 Å². The predicted octanol–water partition coefficient (Wildman–Crippen LogP) is 1.57. The number of nitrogens with one attached hydrogen (secondary N) is 3. The van der Waals surface area contributed by atoms with E-state index in [9.17, 15) is 24.0 Å². The van der Waals surface area contributed by atoms with Gasteiger partial charge >= 0.3 is 5.97 Å². The number of carboxylic acids is 1. The van der Waals surface area contributed by atoms with E-state index in [0.717, 1.165) is 0 Å². The van der Waals surface area contributed by atoms with Crippen molar-refractivity contribution in [3.63, 3.8) is 0 Å². The average Bonchev–Trinajstić information content (AvgIpc) is 3.28. The van der Waals surface area contributed by atoms with E-state index in [2.05, 4.69) is 38.7 Å². The summed E-state index contributed by atoms with van der Waals surface area (Å²) in [4.78, 5) is 70.7. The number of carboxylic acid groups (broad SMARTS) is 1. The first-order valence-electron chi connectivity index (χ1n) is 13.6. The second kappa shape index (κ2) is 15.9. The number of carbonyl (C=O) groups excluding carboxylic acids is 4. The number of aliphatic carboxylic acids is 1. The standard InChI is InChI=1S/C29H34N8O6S/c1-17(39)34-21(11-7-15-33-29(30)31)27(42)36-24-23(20-10-5-6-14-32-20)25(18-8-3-2-4-9-18)37(44)26(24)28(43)35-19(16-38)12-13-22(40)41/h2-6,8-10,14,16,19,21,44H,7,11-13,15H2,1H3,(H,34,39)(H,35,43)(H,36,42)(H,40,41)(H4,30,31,33). The van der Waals surface area contributed by atoms with Crippen LogP contribution < -0.4 is 27.4 Å². The van der Waals surface area contributed by atoms with E-state index >= 15 is 0 Å². The van der Waals surface area contributed by atoms with Gasteiger partial charge in [0.25, 0.3) is 5.91 Å². The zero-order valence-electron chi connectivity index (χ0n) is 23.9. The number of aromatic nitrogens is 2. The maximum Gasteiger partial charge on any atom is 0.303 e. The molecule has 0 spiro atoms. The van der Waals surface area contributed by atoms with Gasteiger partial charge < -0.3 is 37.3 Å². The fraction of sp³-hybridized carbons (Fsp3) is 0.276. The van der Waals surface area contributed by atoms with Crippen LogP contribution in [0.4, 0.5) is 5.69 Å². The van der Waals surface area contributed by atoms with E-state index in [1.807, 2.05) is 6.07 Å². The third-order valence-electron chi connectivity index (χ3n) is 6.37. The fourth-order valence-electron chi connectivity index (χ4n) is 4.43. The smallest absolute Gasteiger partial charge is 0.303 e. The van der Waals surface area contributed by atoms with E-state index in [1.54, 1.807) is 48.7 Å². The molecule has 44 heavy (non-hydrogen) atoms. The third kappa shape index (κ3) is 8.91. The van der Waals surface area contributed by atoms with Gasteiger partial charge in [0.05, 0.1) is 28.7 Å². The van der Waals surface area contributed by atoms with Crippen LogP contribution in [0.1, 0.15) is 43.1 Å². The number of nitrogens with zero attached hydrogens (tertiary/aromatic N) is 3. The summed E-state index contributed by atoms with van der Waals surface area (Å²) >= 11 is 4.64. The summed E-state index contributed by atoms with van der Waals surface area (Å²) < 4.78 is 1.27. The average molecular weight is 623 g/mol. The molecule has 15 heteroatoms. The maximum absolute atomic E-state index is 13.8. The van der Waals surface area contributed by atoms with Crippen LogP contribution in [0.25, 0.3) is 22.5 Å². The molecular formula is C29H34N8O6S. The molecule has 0 aliphatic rings. The maximum atomic E-state index is 13.8. The van der Waals surface area contributed by atoms with Crippen molar-refractivity contribution in [3.05, 3.63) is 60.4 Å². The molecule has 0 fully saturated rings. The number of rotatable bonds is 15. The Morgan fingerprint density at radius 2 is 1.77 bits per heavy atom. The molecule has 0 saturated carbocycles. The Labute approximate surface area is 258 Å². The van der Waals surface area contributed by atoms with E-state index in [1.165, 1.54) is 10.9 Å². The number of pyridine rings is 1. The predicted molar refractivity (Wildman–Crippen MR) is 168 cm³/mol. The Hall–Kier alpha value is -5.18. The van der Waals surface area contributed by atoms with Gasteiger partial charge in [0.15, 0.2) is 5.96 Å². The number of anilines is 1. The molecule has 2 atom stereocenters. The van der Waals surface area contributed by atoms with Crippen molar-refractivity contribution in [1.82, 2.24) is 19.6 Å². The minimum absolute atomic E-state index is 0.0162. The number of benzene rings is 1. The highest BCUT2D eigenvalue weighted by Gasteiger charge is 2.32. The lowest BCUT2D eigenvalue weighted by atomic mass is 10.0. The van der Waals surface area contributed by atoms with Crippen molar-refractivity contribution in [2.24, 2.45) is 16.5 Å². The largest absolute Gasteiger partial charge is 0.481 e. The Bertz CT molecular complexity index is 1520. The molecule has 0 radical (unpaired) electrons. The first kappa shape index (κ1) is 33.3. The molecule has 3 amide bonds. The van der Waals surface area contributed by atoms with Gasteiger partial charge in [-0.05, 0) is 37.0 Å². The summed E-state index contributed by atoms with van der Waals surface area (Å²) in [5, 5.41) is 17.0. The van der Waals surface area contributed by atoms with E-state index in [-0.39, 0.29) is 43.1 Å². The minimum atomic E-state index is -1.13. The van der Waals surface area contributed by atoms with E-state index in [4.69, 9.17) is 16.6 Å². The van der Waals surface area contributed by atoms with Crippen molar-refractivity contribution in [2.75, 3.05) is 11.9 Å². The fourth-order valence-corrected chi connectivity index (χ4v) is 4.84. The normalized spacial score (nSPS) is 12.0. The molecule has 3 rings (SSSR count). The van der Waals surface area contributed by atoms with Crippen molar-refractivity contribution in [3.8, 4) is 22.5 Å². The van der Waals surface area contributed by atoms with Crippen LogP contribution in [-0.4, -0.2) is 68.6 Å². The summed E-state index contributed by atoms with van der Waals surface area (Å²) in [6.07, 6.45) is 1.98. The van der Waals surface area contributed by atoms with Crippen molar-refractivity contribution >= 4 is 54.4 Å². The topological polar surface area (TPSA) is 224 Å². The molecule has 2 heterocycles. The molecule has 2 aromatic heterocycles. The number of aldehydes is 1. The Morgan fingerprint density at radius 1 is 1.07 bits per heavy atom. The van der Waals surface area contributed by atoms with Crippen LogP contribution >= 0.6 is 12.8 Å². The highest BCUT2D eigenvalue weighted by molar-refractivity contribution is 7.78. The Morgan fingerprint density at radius 3 is 2.36 bits per heavy atom. The number of nitrogens with two attached hydrogens (primary N) is 2. The SMILES string of the molecule is CC(=O)NC(CCCN=C(N)N)C(=O)Nc1c(-c2ccccn2)c(-c2ccccc2)n(S)c1C(=O)NC(C=O)CCC(=O)O. The monoisotopic (exact) mass is 622 g/mol. The van der Waals surface area contributed by atoms with Crippen molar-refractivity contribution in [2.45, 2.75) is 44.7 Å². The zero-order valence-corrected chi connectivity index (χ0v) is 24.8. The minimum Gasteiger partial charge on any atom is -0.481 e. The molecule has 1 aromatic carbocycles. The van der Waals surface area contributed by atoms with Gasteiger partial charge in [0.2, 0.25) is 11.8 Å². The van der Waals surface area contributed by atoms with Gasteiger partial charge in [-0.25, -0.2) is 0 Å². The lowest BCUT2D eigenvalue weighted by Crippen LogP contribution is -2.43. The molecular weight excluding hydrogens is 588 g/mol. The molecule has 232 valence electrons. The molecule has 3 aromatic rings. The first-order chi connectivity index (χ1) is 21.0. The van der Waals surface area contributed by atoms with Crippen LogP contribution in [0.2, 0.25) is 0 Å². The van der Waals surface area contributed by atoms with Crippen molar-refractivity contribution < 1.29 is 29.1 Å². The number of thiol groups is 1. The highest BCUT2D eigenvalue weighted by atomic mass is 32.1. The summed E-state index contributed by atoms with van der Waals surface area (Å²) in [7, 11) is 0. The Kier molecular flexibility index (Phi) is 12.0. The van der Waals surface area contributed by atoms with Gasteiger partial charge in [0, 0.05) is 26.1 Å². The number of amides is 3. The molecule has 0 aliphatic carbocycles. The molecule has 0 saturated heterocycles. The first-order valence-corrected chi connectivity index (χ1v) is 14.0. The summed E-state index contributed by atoms with van der Waals surface area (Å²) in [5.41, 5.74) is 12.4. The van der Waals surface area contributed by atoms with Crippen LogP contribution in [0, 0.1) is 0 Å². The third-order valence-corrected chi connectivity index (χ3v) is 6.77. The number of aliphatic imine (C=N–C) groups is 1. The molecule has 2 unspecified atom stereocenters. The summed E-state index contributed by atoms with van der Waals surface area (Å²) in [6.45, 7) is 1.48. The zero-order chi connectivity index (χ0) is 32.2. The molecule has 0 bridgehead atoms. The number of guanidine groups is 1. The quantitative estimate of drug-likeness (QED) is 0.0429. The van der Waals surface area contributed by atoms with E-state index < -0.39 is 35.8 Å². The molecule has 8 N–H and O–H groups in total. The highest BCUT2D eigenvalue weighted by Crippen LogP contribution is 2.43. The number of hydrogen-bond donors (Lipinski definition) is 7. The number of carbonyl (C=O) groups is 5.